The molecule has 0 aliphatic rings. The Morgan fingerprint density at radius 3 is 2.50 bits per heavy atom. The average molecular weight is 203 g/mol. The second-order valence-corrected chi connectivity index (χ2v) is 3.98. The second-order valence-electron chi connectivity index (χ2n) is 3.98. The molecule has 0 aliphatic heterocycles. The van der Waals surface area contributed by atoms with Crippen molar-refractivity contribution in [2.75, 3.05) is 19.8 Å². The summed E-state index contributed by atoms with van der Waals surface area (Å²) in [5, 5.41) is 2.66. The lowest BCUT2D eigenvalue weighted by atomic mass is 10.2. The predicted octanol–water partition coefficient (Wildman–Crippen LogP) is 1.94. The quantitative estimate of drug-likeness (QED) is 0.695. The van der Waals surface area contributed by atoms with Crippen LogP contribution in [0.2, 0.25) is 0 Å². The van der Waals surface area contributed by atoms with Crippen molar-refractivity contribution in [3.05, 3.63) is 0 Å². The normalized spacial score (nSPS) is 11.1. The Labute approximate surface area is 86.0 Å². The predicted molar refractivity (Wildman–Crippen MR) is 55.3 cm³/mol. The highest BCUT2D eigenvalue weighted by atomic mass is 16.6. The molecule has 0 bridgehead atoms. The number of alkyl carbamates (subject to hydrolysis) is 1. The van der Waals surface area contributed by atoms with Crippen LogP contribution < -0.4 is 5.32 Å². The Morgan fingerprint density at radius 2 is 2.00 bits per heavy atom. The van der Waals surface area contributed by atoms with Gasteiger partial charge in [0.1, 0.15) is 5.60 Å². The van der Waals surface area contributed by atoms with Gasteiger partial charge in [0, 0.05) is 19.8 Å². The molecule has 0 aliphatic carbocycles. The van der Waals surface area contributed by atoms with Crippen molar-refractivity contribution in [2.45, 2.75) is 39.7 Å². The molecule has 1 N–H and O–H groups in total. The fraction of sp³-hybridized carbons (Fsp3) is 0.900. The lowest BCUT2D eigenvalue weighted by molar-refractivity contribution is 0.0521. The van der Waals surface area contributed by atoms with Crippen molar-refractivity contribution in [2.24, 2.45) is 0 Å². The van der Waals surface area contributed by atoms with E-state index in [9.17, 15) is 4.79 Å². The molecule has 0 saturated heterocycles. The molecule has 0 rings (SSSR count). The van der Waals surface area contributed by atoms with E-state index in [1.807, 2.05) is 27.7 Å². The van der Waals surface area contributed by atoms with Crippen LogP contribution in [0.3, 0.4) is 0 Å². The first kappa shape index (κ1) is 13.2. The second kappa shape index (κ2) is 6.65. The highest BCUT2D eigenvalue weighted by molar-refractivity contribution is 5.67. The number of rotatable bonds is 5. The van der Waals surface area contributed by atoms with Gasteiger partial charge in [-0.05, 0) is 34.1 Å². The van der Waals surface area contributed by atoms with Gasteiger partial charge in [0.25, 0.3) is 0 Å². The molecular formula is C10H21NO3. The lowest BCUT2D eigenvalue weighted by Crippen LogP contribution is -2.33. The summed E-state index contributed by atoms with van der Waals surface area (Å²) >= 11 is 0. The van der Waals surface area contributed by atoms with Gasteiger partial charge in [-0.2, -0.15) is 0 Å². The van der Waals surface area contributed by atoms with Crippen molar-refractivity contribution in [3.8, 4) is 0 Å². The van der Waals surface area contributed by atoms with Crippen molar-refractivity contribution >= 4 is 6.09 Å². The highest BCUT2D eigenvalue weighted by Gasteiger charge is 2.15. The molecule has 0 spiro atoms. The van der Waals surface area contributed by atoms with Crippen LogP contribution in [0.4, 0.5) is 4.79 Å². The van der Waals surface area contributed by atoms with Gasteiger partial charge in [-0.25, -0.2) is 4.79 Å². The molecular weight excluding hydrogens is 182 g/mol. The van der Waals surface area contributed by atoms with Gasteiger partial charge < -0.3 is 14.8 Å². The summed E-state index contributed by atoms with van der Waals surface area (Å²) in [6.07, 6.45) is 0.446. The van der Waals surface area contributed by atoms with Gasteiger partial charge >= 0.3 is 6.09 Å². The summed E-state index contributed by atoms with van der Waals surface area (Å²) in [4.78, 5) is 11.1. The molecule has 4 nitrogen and oxygen atoms in total. The molecule has 0 heterocycles. The lowest BCUT2D eigenvalue weighted by Gasteiger charge is -2.19. The summed E-state index contributed by atoms with van der Waals surface area (Å²) in [6, 6.07) is 0. The summed E-state index contributed by atoms with van der Waals surface area (Å²) in [6.45, 7) is 9.45. The molecule has 1 amide bonds. The molecule has 0 aromatic heterocycles. The van der Waals surface area contributed by atoms with E-state index in [4.69, 9.17) is 9.47 Å². The molecule has 0 radical (unpaired) electrons. The van der Waals surface area contributed by atoms with Gasteiger partial charge in [-0.1, -0.05) is 0 Å². The Balaban J connectivity index is 3.36. The number of carbonyl (C=O) groups excluding carboxylic acids is 1. The van der Waals surface area contributed by atoms with Crippen LogP contribution in [0.5, 0.6) is 0 Å². The minimum atomic E-state index is -0.427. The van der Waals surface area contributed by atoms with Crippen LogP contribution in [-0.4, -0.2) is 31.5 Å². The molecule has 84 valence electrons. The van der Waals surface area contributed by atoms with Gasteiger partial charge in [0.15, 0.2) is 0 Å². The summed E-state index contributed by atoms with van der Waals surface area (Å²) < 4.78 is 10.2. The molecule has 4 heteroatoms. The monoisotopic (exact) mass is 203 g/mol. The smallest absolute Gasteiger partial charge is 0.407 e. The van der Waals surface area contributed by atoms with E-state index >= 15 is 0 Å². The van der Waals surface area contributed by atoms with Crippen LogP contribution in [0.15, 0.2) is 0 Å². The molecule has 0 saturated carbocycles. The van der Waals surface area contributed by atoms with E-state index in [1.165, 1.54) is 0 Å². The third-order valence-electron chi connectivity index (χ3n) is 1.34. The van der Waals surface area contributed by atoms with Crippen molar-refractivity contribution in [1.29, 1.82) is 0 Å². The summed E-state index contributed by atoms with van der Waals surface area (Å²) in [5.74, 6) is 0. The molecule has 0 atom stereocenters. The highest BCUT2D eigenvalue weighted by Crippen LogP contribution is 2.06. The maximum atomic E-state index is 11.1. The van der Waals surface area contributed by atoms with Crippen LogP contribution in [0, 0.1) is 0 Å². The number of nitrogens with one attached hydrogen (secondary N) is 1. The third kappa shape index (κ3) is 9.32. The molecule has 0 unspecified atom stereocenters. The standard InChI is InChI=1S/C10H21NO3/c1-5-13-8-6-7-11-9(12)14-10(2,3)4/h5-8H2,1-4H3,(H,11,12). The average Bonchev–Trinajstić information content (AvgIpc) is 2.00. The number of carbonyl (C=O) groups is 1. The first-order valence-corrected chi connectivity index (χ1v) is 5.00. The minimum absolute atomic E-state index is 0.367. The Kier molecular flexibility index (Phi) is 6.28. The van der Waals surface area contributed by atoms with E-state index in [2.05, 4.69) is 5.32 Å². The number of hydrogen-bond acceptors (Lipinski definition) is 3. The Hall–Kier alpha value is -0.770. The SMILES string of the molecule is CCOCCCNC(=O)OC(C)(C)C. The summed E-state index contributed by atoms with van der Waals surface area (Å²) in [5.41, 5.74) is -0.427. The van der Waals surface area contributed by atoms with Crippen LogP contribution in [0.25, 0.3) is 0 Å². The van der Waals surface area contributed by atoms with E-state index in [-0.39, 0.29) is 6.09 Å². The van der Waals surface area contributed by atoms with Gasteiger partial charge in [-0.3, -0.25) is 0 Å². The fourth-order valence-corrected chi connectivity index (χ4v) is 0.823. The van der Waals surface area contributed by atoms with Crippen LogP contribution in [-0.2, 0) is 9.47 Å². The van der Waals surface area contributed by atoms with E-state index in [0.29, 0.717) is 19.8 Å². The molecule has 0 aromatic carbocycles. The summed E-state index contributed by atoms with van der Waals surface area (Å²) in [7, 11) is 0. The number of hydrogen-bond donors (Lipinski definition) is 1. The van der Waals surface area contributed by atoms with E-state index in [0.717, 1.165) is 6.42 Å². The third-order valence-corrected chi connectivity index (χ3v) is 1.34. The van der Waals surface area contributed by atoms with Crippen molar-refractivity contribution in [1.82, 2.24) is 5.32 Å². The first-order valence-electron chi connectivity index (χ1n) is 5.00. The largest absolute Gasteiger partial charge is 0.444 e. The van der Waals surface area contributed by atoms with Crippen LogP contribution in [0.1, 0.15) is 34.1 Å². The number of ether oxygens (including phenoxy) is 2. The topological polar surface area (TPSA) is 47.6 Å². The maximum absolute atomic E-state index is 11.1. The number of amides is 1. The van der Waals surface area contributed by atoms with Crippen molar-refractivity contribution in [3.63, 3.8) is 0 Å². The zero-order valence-electron chi connectivity index (χ0n) is 9.55. The Morgan fingerprint density at radius 1 is 1.36 bits per heavy atom. The van der Waals surface area contributed by atoms with Gasteiger partial charge in [-0.15, -0.1) is 0 Å². The van der Waals surface area contributed by atoms with E-state index in [1.54, 1.807) is 0 Å². The zero-order chi connectivity index (χ0) is 11.0. The van der Waals surface area contributed by atoms with Gasteiger partial charge in [0.2, 0.25) is 0 Å². The Bertz CT molecular complexity index is 163. The van der Waals surface area contributed by atoms with Crippen molar-refractivity contribution < 1.29 is 14.3 Å². The van der Waals surface area contributed by atoms with E-state index < -0.39 is 5.60 Å². The molecule has 14 heavy (non-hydrogen) atoms. The minimum Gasteiger partial charge on any atom is -0.444 e. The van der Waals surface area contributed by atoms with Crippen LogP contribution >= 0.6 is 0 Å². The first-order chi connectivity index (χ1) is 6.45. The van der Waals surface area contributed by atoms with Gasteiger partial charge in [0.05, 0.1) is 0 Å². The zero-order valence-corrected chi connectivity index (χ0v) is 9.55. The molecule has 0 fully saturated rings. The maximum Gasteiger partial charge on any atom is 0.407 e. The molecule has 0 aromatic rings. The fourth-order valence-electron chi connectivity index (χ4n) is 0.823.